The predicted octanol–water partition coefficient (Wildman–Crippen LogP) is 2.07. The van der Waals surface area contributed by atoms with E-state index in [1.165, 1.54) is 36.0 Å². The van der Waals surface area contributed by atoms with E-state index in [-0.39, 0.29) is 0 Å². The van der Waals surface area contributed by atoms with Gasteiger partial charge < -0.3 is 5.73 Å². The quantitative estimate of drug-likeness (QED) is 0.558. The number of anilines is 1. The van der Waals surface area contributed by atoms with Crippen LogP contribution in [0.5, 0.6) is 0 Å². The van der Waals surface area contributed by atoms with E-state index < -0.39 is 0 Å². The molecule has 1 aliphatic rings. The molecule has 2 N–H and O–H groups in total. The minimum Gasteiger partial charge on any atom is -0.398 e. The zero-order valence-corrected chi connectivity index (χ0v) is 6.85. The van der Waals surface area contributed by atoms with E-state index in [4.69, 9.17) is 5.73 Å². The van der Waals surface area contributed by atoms with Crippen molar-refractivity contribution in [3.8, 4) is 0 Å². The average Bonchev–Trinajstić information content (AvgIpc) is 2.34. The van der Waals surface area contributed by atoms with Gasteiger partial charge in [0.2, 0.25) is 0 Å². The second kappa shape index (κ2) is 2.26. The molecule has 11 heavy (non-hydrogen) atoms. The summed E-state index contributed by atoms with van der Waals surface area (Å²) in [6.45, 7) is 2.11. The normalized spacial score (nSPS) is 15.0. The Hall–Kier alpha value is -0.980. The molecule has 0 amide bonds. The van der Waals surface area contributed by atoms with Gasteiger partial charge in [0.05, 0.1) is 0 Å². The van der Waals surface area contributed by atoms with Crippen LogP contribution in [0.4, 0.5) is 5.69 Å². The predicted molar refractivity (Wildman–Crippen MR) is 47.6 cm³/mol. The van der Waals surface area contributed by atoms with Crippen molar-refractivity contribution in [2.75, 3.05) is 5.73 Å². The number of benzene rings is 1. The van der Waals surface area contributed by atoms with Crippen molar-refractivity contribution in [3.63, 3.8) is 0 Å². The largest absolute Gasteiger partial charge is 0.398 e. The number of hydrogen-bond acceptors (Lipinski definition) is 1. The van der Waals surface area contributed by atoms with Crippen LogP contribution in [0.2, 0.25) is 0 Å². The van der Waals surface area contributed by atoms with E-state index in [0.29, 0.717) is 0 Å². The minimum absolute atomic E-state index is 0.998. The zero-order valence-electron chi connectivity index (χ0n) is 6.85. The van der Waals surface area contributed by atoms with Gasteiger partial charge in [0, 0.05) is 5.69 Å². The number of hydrogen-bond donors (Lipinski definition) is 1. The molecule has 0 spiro atoms. The van der Waals surface area contributed by atoms with Crippen LogP contribution in [0.3, 0.4) is 0 Å². The Kier molecular flexibility index (Phi) is 1.38. The first-order valence-corrected chi connectivity index (χ1v) is 4.15. The van der Waals surface area contributed by atoms with Crippen LogP contribution in [0, 0.1) is 6.92 Å². The number of nitrogens with two attached hydrogens (primary N) is 1. The first-order valence-electron chi connectivity index (χ1n) is 4.15. The molecule has 1 aromatic rings. The van der Waals surface area contributed by atoms with Gasteiger partial charge in [-0.2, -0.15) is 0 Å². The fourth-order valence-electron chi connectivity index (χ4n) is 1.90. The van der Waals surface area contributed by atoms with Crippen LogP contribution >= 0.6 is 0 Å². The molecule has 0 saturated heterocycles. The van der Waals surface area contributed by atoms with Crippen molar-refractivity contribution in [2.24, 2.45) is 0 Å². The monoisotopic (exact) mass is 147 g/mol. The van der Waals surface area contributed by atoms with Gasteiger partial charge in [0.25, 0.3) is 0 Å². The second-order valence-electron chi connectivity index (χ2n) is 3.35. The van der Waals surface area contributed by atoms with Crippen LogP contribution in [0.1, 0.15) is 23.1 Å². The van der Waals surface area contributed by atoms with E-state index in [1.54, 1.807) is 0 Å². The lowest BCUT2D eigenvalue weighted by atomic mass is 10.1. The summed E-state index contributed by atoms with van der Waals surface area (Å²) in [5, 5.41) is 0. The SMILES string of the molecule is Cc1cc(N)c2c(c1)CCC2. The van der Waals surface area contributed by atoms with Gasteiger partial charge in [-0.25, -0.2) is 0 Å². The van der Waals surface area contributed by atoms with Crippen molar-refractivity contribution in [1.82, 2.24) is 0 Å². The summed E-state index contributed by atoms with van der Waals surface area (Å²) >= 11 is 0. The number of nitrogen functional groups attached to an aromatic ring is 1. The Morgan fingerprint density at radius 1 is 1.27 bits per heavy atom. The van der Waals surface area contributed by atoms with Gasteiger partial charge in [-0.15, -0.1) is 0 Å². The number of fused-ring (bicyclic) bond motifs is 1. The molecule has 1 heteroatoms. The third-order valence-electron chi connectivity index (χ3n) is 2.39. The molecule has 0 fully saturated rings. The molecule has 0 heterocycles. The van der Waals surface area contributed by atoms with Crippen molar-refractivity contribution in [1.29, 1.82) is 0 Å². The fourth-order valence-corrected chi connectivity index (χ4v) is 1.90. The van der Waals surface area contributed by atoms with Gasteiger partial charge in [-0.05, 0) is 48.9 Å². The van der Waals surface area contributed by atoms with E-state index in [2.05, 4.69) is 19.1 Å². The highest BCUT2D eigenvalue weighted by atomic mass is 14.6. The van der Waals surface area contributed by atoms with Crippen molar-refractivity contribution < 1.29 is 0 Å². The summed E-state index contributed by atoms with van der Waals surface area (Å²) in [4.78, 5) is 0. The molecular formula is C10H13N. The molecule has 0 aliphatic heterocycles. The molecule has 1 aliphatic carbocycles. The average molecular weight is 147 g/mol. The standard InChI is InChI=1S/C10H13N/c1-7-5-8-3-2-4-9(8)10(11)6-7/h5-6H,2-4,11H2,1H3. The summed E-state index contributed by atoms with van der Waals surface area (Å²) in [5.74, 6) is 0. The molecule has 0 bridgehead atoms. The first kappa shape index (κ1) is 6.71. The maximum absolute atomic E-state index is 5.87. The third-order valence-corrected chi connectivity index (χ3v) is 2.39. The zero-order chi connectivity index (χ0) is 7.84. The highest BCUT2D eigenvalue weighted by Gasteiger charge is 2.13. The molecule has 0 aromatic heterocycles. The molecule has 1 aromatic carbocycles. The van der Waals surface area contributed by atoms with Gasteiger partial charge in [0.15, 0.2) is 0 Å². The van der Waals surface area contributed by atoms with Gasteiger partial charge in [0.1, 0.15) is 0 Å². The van der Waals surface area contributed by atoms with Crippen molar-refractivity contribution in [3.05, 3.63) is 28.8 Å². The van der Waals surface area contributed by atoms with Gasteiger partial charge in [-0.1, -0.05) is 6.07 Å². The summed E-state index contributed by atoms with van der Waals surface area (Å²) in [6.07, 6.45) is 3.69. The molecule has 0 atom stereocenters. The lowest BCUT2D eigenvalue weighted by Gasteiger charge is -2.04. The Balaban J connectivity index is 2.60. The smallest absolute Gasteiger partial charge is 0.0351 e. The van der Waals surface area contributed by atoms with Gasteiger partial charge >= 0.3 is 0 Å². The molecule has 0 saturated carbocycles. The highest BCUT2D eigenvalue weighted by Crippen LogP contribution is 2.28. The van der Waals surface area contributed by atoms with Crippen LogP contribution in [-0.2, 0) is 12.8 Å². The topological polar surface area (TPSA) is 26.0 Å². The van der Waals surface area contributed by atoms with Crippen LogP contribution in [-0.4, -0.2) is 0 Å². The third kappa shape index (κ3) is 1.01. The summed E-state index contributed by atoms with van der Waals surface area (Å²) in [5.41, 5.74) is 11.0. The van der Waals surface area contributed by atoms with Crippen molar-refractivity contribution >= 4 is 5.69 Å². The maximum atomic E-state index is 5.87. The molecule has 2 rings (SSSR count). The van der Waals surface area contributed by atoms with E-state index >= 15 is 0 Å². The second-order valence-corrected chi connectivity index (χ2v) is 3.35. The Bertz CT molecular complexity index is 289. The maximum Gasteiger partial charge on any atom is 0.0351 e. The summed E-state index contributed by atoms with van der Waals surface area (Å²) in [7, 11) is 0. The number of rotatable bonds is 0. The Labute approximate surface area is 67.2 Å². The summed E-state index contributed by atoms with van der Waals surface area (Å²) in [6, 6.07) is 4.34. The lowest BCUT2D eigenvalue weighted by molar-refractivity contribution is 0.912. The first-order chi connectivity index (χ1) is 5.27. The van der Waals surface area contributed by atoms with Crippen molar-refractivity contribution in [2.45, 2.75) is 26.2 Å². The highest BCUT2D eigenvalue weighted by molar-refractivity contribution is 5.55. The molecule has 0 radical (unpaired) electrons. The van der Waals surface area contributed by atoms with Crippen LogP contribution in [0.25, 0.3) is 0 Å². The molecule has 1 nitrogen and oxygen atoms in total. The minimum atomic E-state index is 0.998. The van der Waals surface area contributed by atoms with Gasteiger partial charge in [-0.3, -0.25) is 0 Å². The molecule has 0 unspecified atom stereocenters. The summed E-state index contributed by atoms with van der Waals surface area (Å²) < 4.78 is 0. The van der Waals surface area contributed by atoms with E-state index in [1.807, 2.05) is 0 Å². The lowest BCUT2D eigenvalue weighted by Crippen LogP contribution is -1.93. The fraction of sp³-hybridized carbons (Fsp3) is 0.400. The Morgan fingerprint density at radius 3 is 2.91 bits per heavy atom. The van der Waals surface area contributed by atoms with E-state index in [0.717, 1.165) is 5.69 Å². The molecule has 58 valence electrons. The van der Waals surface area contributed by atoms with E-state index in [9.17, 15) is 0 Å². The van der Waals surface area contributed by atoms with Crippen LogP contribution in [0.15, 0.2) is 12.1 Å². The molecular weight excluding hydrogens is 134 g/mol. The van der Waals surface area contributed by atoms with Crippen LogP contribution < -0.4 is 5.73 Å². The Morgan fingerprint density at radius 2 is 2.09 bits per heavy atom. The number of aryl methyl sites for hydroxylation is 2.